The Labute approximate surface area is 181 Å². The van der Waals surface area contributed by atoms with Gasteiger partial charge in [0.05, 0.1) is 6.07 Å². The number of benzene rings is 1. The summed E-state index contributed by atoms with van der Waals surface area (Å²) in [6, 6.07) is 11.1. The van der Waals surface area contributed by atoms with Crippen LogP contribution in [-0.2, 0) is 14.4 Å². The molecular formula is C23H37N3O4. The summed E-state index contributed by atoms with van der Waals surface area (Å²) in [5, 5.41) is 13.7. The second kappa shape index (κ2) is 22.4. The molecule has 0 spiro atoms. The molecule has 1 aromatic carbocycles. The Kier molecular flexibility index (Phi) is 21.9. The van der Waals surface area contributed by atoms with E-state index < -0.39 is 0 Å². The van der Waals surface area contributed by atoms with Crippen LogP contribution in [0.4, 0.5) is 0 Å². The fourth-order valence-electron chi connectivity index (χ4n) is 1.76. The lowest BCUT2D eigenvalue weighted by molar-refractivity contribution is -0.134. The fraction of sp³-hybridized carbons (Fsp3) is 0.565. The zero-order chi connectivity index (χ0) is 23.0. The van der Waals surface area contributed by atoms with Crippen molar-refractivity contribution >= 4 is 17.8 Å². The van der Waals surface area contributed by atoms with Gasteiger partial charge in [-0.2, -0.15) is 5.26 Å². The first-order valence-corrected chi connectivity index (χ1v) is 10.6. The molecule has 0 saturated heterocycles. The molecule has 0 bridgehead atoms. The largest absolute Gasteiger partial charge is 0.427 e. The van der Waals surface area contributed by atoms with E-state index in [0.29, 0.717) is 38.0 Å². The van der Waals surface area contributed by atoms with Gasteiger partial charge in [-0.1, -0.05) is 45.9 Å². The molecule has 0 unspecified atom stereocenters. The number of unbranched alkanes of at least 4 members (excludes halogenated alkanes) is 2. The predicted molar refractivity (Wildman–Crippen MR) is 119 cm³/mol. The van der Waals surface area contributed by atoms with Crippen molar-refractivity contribution in [2.24, 2.45) is 0 Å². The summed E-state index contributed by atoms with van der Waals surface area (Å²) in [5.41, 5.74) is 0. The molecule has 1 aromatic rings. The highest BCUT2D eigenvalue weighted by molar-refractivity contribution is 5.75. The average Bonchev–Trinajstić information content (AvgIpc) is 2.78. The molecule has 0 aliphatic heterocycles. The number of hydrogen-bond donors (Lipinski definition) is 2. The SMILES string of the molecule is CCC(=O)NCCCCC#N.CCC(=O)Oc1ccccc1.CCCNC(=O)CC. The number of nitriles is 1. The molecule has 7 nitrogen and oxygen atoms in total. The molecule has 0 fully saturated rings. The van der Waals surface area contributed by atoms with E-state index in [1.807, 2.05) is 39.0 Å². The van der Waals surface area contributed by atoms with Crippen molar-refractivity contribution in [3.8, 4) is 11.8 Å². The minimum atomic E-state index is -0.198. The molecule has 2 amide bonds. The van der Waals surface area contributed by atoms with E-state index in [1.165, 1.54) is 0 Å². The molecule has 168 valence electrons. The Bertz CT molecular complexity index is 613. The van der Waals surface area contributed by atoms with Crippen LogP contribution in [0.15, 0.2) is 30.3 Å². The van der Waals surface area contributed by atoms with Gasteiger partial charge in [0.15, 0.2) is 0 Å². The van der Waals surface area contributed by atoms with Gasteiger partial charge in [0.1, 0.15) is 5.75 Å². The van der Waals surface area contributed by atoms with Crippen molar-refractivity contribution in [1.29, 1.82) is 5.26 Å². The van der Waals surface area contributed by atoms with Gasteiger partial charge in [0.2, 0.25) is 11.8 Å². The van der Waals surface area contributed by atoms with Gasteiger partial charge in [0.25, 0.3) is 0 Å². The van der Waals surface area contributed by atoms with Crippen LogP contribution in [0.25, 0.3) is 0 Å². The molecule has 0 aromatic heterocycles. The average molecular weight is 420 g/mol. The maximum atomic E-state index is 10.8. The number of esters is 1. The third-order valence-electron chi connectivity index (χ3n) is 3.52. The highest BCUT2D eigenvalue weighted by Crippen LogP contribution is 2.08. The lowest BCUT2D eigenvalue weighted by Gasteiger charge is -2.00. The first kappa shape index (κ1) is 29.3. The molecule has 0 atom stereocenters. The zero-order valence-corrected chi connectivity index (χ0v) is 18.8. The van der Waals surface area contributed by atoms with Crippen LogP contribution < -0.4 is 15.4 Å². The minimum Gasteiger partial charge on any atom is -0.427 e. The minimum absolute atomic E-state index is 0.0851. The van der Waals surface area contributed by atoms with E-state index in [-0.39, 0.29) is 17.8 Å². The molecular weight excluding hydrogens is 382 g/mol. The van der Waals surface area contributed by atoms with E-state index in [2.05, 4.69) is 16.7 Å². The highest BCUT2D eigenvalue weighted by atomic mass is 16.5. The van der Waals surface area contributed by atoms with Gasteiger partial charge in [0, 0.05) is 38.8 Å². The third kappa shape index (κ3) is 21.4. The van der Waals surface area contributed by atoms with Crippen LogP contribution in [0.2, 0.25) is 0 Å². The number of carbonyl (C=O) groups excluding carboxylic acids is 3. The first-order chi connectivity index (χ1) is 14.4. The number of nitrogens with zero attached hydrogens (tertiary/aromatic N) is 1. The Balaban J connectivity index is 0. The van der Waals surface area contributed by atoms with Crippen molar-refractivity contribution in [3.05, 3.63) is 30.3 Å². The van der Waals surface area contributed by atoms with Gasteiger partial charge in [-0.05, 0) is 31.4 Å². The molecule has 0 aliphatic carbocycles. The van der Waals surface area contributed by atoms with Crippen molar-refractivity contribution in [1.82, 2.24) is 10.6 Å². The van der Waals surface area contributed by atoms with E-state index in [4.69, 9.17) is 10.00 Å². The van der Waals surface area contributed by atoms with Gasteiger partial charge in [-0.25, -0.2) is 0 Å². The van der Waals surface area contributed by atoms with Crippen molar-refractivity contribution in [2.45, 2.75) is 72.6 Å². The Morgan fingerprint density at radius 2 is 1.43 bits per heavy atom. The summed E-state index contributed by atoms with van der Waals surface area (Å²) in [6.45, 7) is 9.00. The Morgan fingerprint density at radius 1 is 0.867 bits per heavy atom. The number of para-hydroxylation sites is 1. The maximum absolute atomic E-state index is 10.8. The molecule has 0 saturated carbocycles. The van der Waals surface area contributed by atoms with E-state index >= 15 is 0 Å². The quantitative estimate of drug-likeness (QED) is 0.337. The molecule has 2 N–H and O–H groups in total. The number of ether oxygens (including phenoxy) is 1. The number of rotatable bonds is 10. The highest BCUT2D eigenvalue weighted by Gasteiger charge is 1.98. The van der Waals surface area contributed by atoms with Crippen LogP contribution in [0, 0.1) is 11.3 Å². The Hall–Kier alpha value is -2.88. The second-order valence-corrected chi connectivity index (χ2v) is 6.16. The molecule has 7 heteroatoms. The maximum Gasteiger partial charge on any atom is 0.310 e. The lowest BCUT2D eigenvalue weighted by atomic mass is 10.2. The predicted octanol–water partition coefficient (Wildman–Crippen LogP) is 4.13. The van der Waals surface area contributed by atoms with Crippen LogP contribution >= 0.6 is 0 Å². The normalized spacial score (nSPS) is 8.90. The summed E-state index contributed by atoms with van der Waals surface area (Å²) in [6.07, 6.45) is 4.93. The van der Waals surface area contributed by atoms with Crippen molar-refractivity contribution in [3.63, 3.8) is 0 Å². The molecule has 0 heterocycles. The summed E-state index contributed by atoms with van der Waals surface area (Å²) in [4.78, 5) is 31.9. The summed E-state index contributed by atoms with van der Waals surface area (Å²) >= 11 is 0. The van der Waals surface area contributed by atoms with Crippen molar-refractivity contribution in [2.75, 3.05) is 13.1 Å². The van der Waals surface area contributed by atoms with Crippen LogP contribution in [0.3, 0.4) is 0 Å². The summed E-state index contributed by atoms with van der Waals surface area (Å²) < 4.78 is 4.92. The van der Waals surface area contributed by atoms with Gasteiger partial charge in [-0.15, -0.1) is 0 Å². The van der Waals surface area contributed by atoms with E-state index in [0.717, 1.165) is 25.8 Å². The second-order valence-electron chi connectivity index (χ2n) is 6.16. The molecule has 1 rings (SSSR count). The van der Waals surface area contributed by atoms with Gasteiger partial charge in [-0.3, -0.25) is 14.4 Å². The standard InChI is InChI=1S/C9H10O2.C8H14N2O.C6H13NO/c1-2-9(10)11-8-6-4-3-5-7-8;1-2-8(11)10-7-5-3-4-6-9;1-3-5-7-6(8)4-2/h3-7H,2H2,1H3;2-5,7H2,1H3,(H,10,11);3-5H2,1-2H3,(H,7,8). The molecule has 0 radical (unpaired) electrons. The van der Waals surface area contributed by atoms with Crippen LogP contribution in [0.5, 0.6) is 5.75 Å². The van der Waals surface area contributed by atoms with E-state index in [1.54, 1.807) is 19.1 Å². The Morgan fingerprint density at radius 3 is 1.90 bits per heavy atom. The smallest absolute Gasteiger partial charge is 0.310 e. The summed E-state index contributed by atoms with van der Waals surface area (Å²) in [7, 11) is 0. The number of amides is 2. The topological polar surface area (TPSA) is 108 Å². The van der Waals surface area contributed by atoms with Crippen molar-refractivity contribution < 1.29 is 19.1 Å². The number of carbonyl (C=O) groups is 3. The summed E-state index contributed by atoms with van der Waals surface area (Å²) in [5.74, 6) is 0.643. The lowest BCUT2D eigenvalue weighted by Crippen LogP contribution is -2.22. The molecule has 30 heavy (non-hydrogen) atoms. The number of hydrogen-bond acceptors (Lipinski definition) is 5. The monoisotopic (exact) mass is 419 g/mol. The fourth-order valence-corrected chi connectivity index (χ4v) is 1.76. The van der Waals surface area contributed by atoms with Crippen LogP contribution in [-0.4, -0.2) is 30.9 Å². The number of nitrogens with one attached hydrogen (secondary N) is 2. The van der Waals surface area contributed by atoms with E-state index in [9.17, 15) is 14.4 Å². The zero-order valence-electron chi connectivity index (χ0n) is 18.8. The third-order valence-corrected chi connectivity index (χ3v) is 3.52. The molecule has 0 aliphatic rings. The van der Waals surface area contributed by atoms with Gasteiger partial charge >= 0.3 is 5.97 Å². The van der Waals surface area contributed by atoms with Gasteiger partial charge < -0.3 is 15.4 Å². The first-order valence-electron chi connectivity index (χ1n) is 10.6. The van der Waals surface area contributed by atoms with Crippen LogP contribution in [0.1, 0.15) is 72.6 Å².